The van der Waals surface area contributed by atoms with Crippen LogP contribution in [0.15, 0.2) is 47.4 Å². The maximum atomic E-state index is 12.7. The SMILES string of the molecule is Cc1cc(C(F)(F)F)cc(I)c1NS(=O)(=O)c1ccccc1. The molecule has 0 aromatic heterocycles. The average Bonchev–Trinajstić information content (AvgIpc) is 2.42. The lowest BCUT2D eigenvalue weighted by atomic mass is 10.1. The summed E-state index contributed by atoms with van der Waals surface area (Å²) in [5.74, 6) is 0. The summed E-state index contributed by atoms with van der Waals surface area (Å²) in [6.45, 7) is 1.43. The largest absolute Gasteiger partial charge is 0.416 e. The molecule has 0 spiro atoms. The van der Waals surface area contributed by atoms with E-state index in [1.54, 1.807) is 40.8 Å². The minimum Gasteiger partial charge on any atom is -0.278 e. The first-order valence-corrected chi connectivity index (χ1v) is 8.62. The second-order valence-electron chi connectivity index (χ2n) is 4.57. The van der Waals surface area contributed by atoms with Crippen LogP contribution < -0.4 is 4.72 Å². The minimum absolute atomic E-state index is 0.0464. The first-order valence-electron chi connectivity index (χ1n) is 6.06. The number of sulfonamides is 1. The Balaban J connectivity index is 2.43. The molecule has 0 bridgehead atoms. The smallest absolute Gasteiger partial charge is 0.278 e. The fourth-order valence-corrected chi connectivity index (χ4v) is 4.08. The number of anilines is 1. The number of hydrogen-bond acceptors (Lipinski definition) is 2. The van der Waals surface area contributed by atoms with Crippen molar-refractivity contribution in [2.75, 3.05) is 4.72 Å². The Kier molecular flexibility index (Phi) is 4.71. The van der Waals surface area contributed by atoms with Gasteiger partial charge in [-0.05, 0) is 59.3 Å². The second-order valence-corrected chi connectivity index (χ2v) is 7.41. The van der Waals surface area contributed by atoms with Crippen molar-refractivity contribution >= 4 is 38.3 Å². The molecule has 0 aliphatic rings. The van der Waals surface area contributed by atoms with Gasteiger partial charge in [-0.15, -0.1) is 0 Å². The molecular weight excluding hydrogens is 430 g/mol. The van der Waals surface area contributed by atoms with Crippen molar-refractivity contribution in [2.45, 2.75) is 18.0 Å². The van der Waals surface area contributed by atoms with Crippen LogP contribution in [-0.4, -0.2) is 8.42 Å². The van der Waals surface area contributed by atoms with Gasteiger partial charge in [0.05, 0.1) is 16.1 Å². The van der Waals surface area contributed by atoms with Gasteiger partial charge in [0.15, 0.2) is 0 Å². The number of halogens is 4. The molecule has 0 aliphatic heterocycles. The quantitative estimate of drug-likeness (QED) is 0.718. The van der Waals surface area contributed by atoms with E-state index >= 15 is 0 Å². The van der Waals surface area contributed by atoms with Gasteiger partial charge in [0, 0.05) is 3.57 Å². The number of benzene rings is 2. The zero-order valence-electron chi connectivity index (χ0n) is 11.3. The molecule has 1 N–H and O–H groups in total. The maximum absolute atomic E-state index is 12.7. The first-order chi connectivity index (χ1) is 10.1. The van der Waals surface area contributed by atoms with E-state index < -0.39 is 21.8 Å². The van der Waals surface area contributed by atoms with Crippen LogP contribution in [0, 0.1) is 10.5 Å². The first kappa shape index (κ1) is 17.1. The fraction of sp³-hybridized carbons (Fsp3) is 0.143. The molecular formula is C14H11F3INO2S. The highest BCUT2D eigenvalue weighted by atomic mass is 127. The molecule has 0 radical (unpaired) electrons. The predicted molar refractivity (Wildman–Crippen MR) is 86.1 cm³/mol. The summed E-state index contributed by atoms with van der Waals surface area (Å²) in [7, 11) is -3.84. The Morgan fingerprint density at radius 3 is 2.18 bits per heavy atom. The Labute approximate surface area is 139 Å². The predicted octanol–water partition coefficient (Wildman–Crippen LogP) is 4.42. The molecule has 3 nitrogen and oxygen atoms in total. The van der Waals surface area contributed by atoms with Crippen LogP contribution in [0.5, 0.6) is 0 Å². The molecule has 0 atom stereocenters. The Morgan fingerprint density at radius 1 is 1.09 bits per heavy atom. The number of nitrogens with one attached hydrogen (secondary N) is 1. The highest BCUT2D eigenvalue weighted by Gasteiger charge is 2.32. The monoisotopic (exact) mass is 441 g/mol. The highest BCUT2D eigenvalue weighted by Crippen LogP contribution is 2.35. The number of alkyl halides is 3. The average molecular weight is 441 g/mol. The van der Waals surface area contributed by atoms with Gasteiger partial charge in [0.2, 0.25) is 0 Å². The Bertz CT molecular complexity index is 766. The molecule has 2 aromatic carbocycles. The van der Waals surface area contributed by atoms with Crippen LogP contribution in [-0.2, 0) is 16.2 Å². The van der Waals surface area contributed by atoms with E-state index in [-0.39, 0.29) is 19.7 Å². The molecule has 2 aromatic rings. The number of hydrogen-bond donors (Lipinski definition) is 1. The van der Waals surface area contributed by atoms with Crippen LogP contribution in [0.1, 0.15) is 11.1 Å². The third-order valence-corrected chi connectivity index (χ3v) is 5.12. The maximum Gasteiger partial charge on any atom is 0.416 e. The van der Waals surface area contributed by atoms with E-state index in [1.165, 1.54) is 19.1 Å². The van der Waals surface area contributed by atoms with Crippen LogP contribution in [0.25, 0.3) is 0 Å². The summed E-state index contributed by atoms with van der Waals surface area (Å²) < 4.78 is 65.3. The van der Waals surface area contributed by atoms with Crippen molar-refractivity contribution in [3.05, 3.63) is 57.2 Å². The van der Waals surface area contributed by atoms with Crippen molar-refractivity contribution in [1.82, 2.24) is 0 Å². The molecule has 0 amide bonds. The topological polar surface area (TPSA) is 46.2 Å². The van der Waals surface area contributed by atoms with Gasteiger partial charge in [-0.25, -0.2) is 8.42 Å². The van der Waals surface area contributed by atoms with Crippen LogP contribution >= 0.6 is 22.6 Å². The molecule has 0 saturated heterocycles. The molecule has 0 unspecified atom stereocenters. The van der Waals surface area contributed by atoms with Crippen molar-refractivity contribution < 1.29 is 21.6 Å². The van der Waals surface area contributed by atoms with Gasteiger partial charge >= 0.3 is 6.18 Å². The number of aryl methyl sites for hydroxylation is 1. The van der Waals surface area contributed by atoms with Crippen LogP contribution in [0.3, 0.4) is 0 Å². The Morgan fingerprint density at radius 2 is 1.68 bits per heavy atom. The molecule has 0 fully saturated rings. The van der Waals surface area contributed by atoms with E-state index in [0.29, 0.717) is 0 Å². The van der Waals surface area contributed by atoms with Crippen molar-refractivity contribution in [2.24, 2.45) is 0 Å². The molecule has 118 valence electrons. The van der Waals surface area contributed by atoms with Gasteiger partial charge in [0.1, 0.15) is 0 Å². The van der Waals surface area contributed by atoms with E-state index in [1.807, 2.05) is 0 Å². The van der Waals surface area contributed by atoms with E-state index in [2.05, 4.69) is 4.72 Å². The lowest BCUT2D eigenvalue weighted by Gasteiger charge is -2.15. The molecule has 0 aliphatic carbocycles. The van der Waals surface area contributed by atoms with Gasteiger partial charge in [0.25, 0.3) is 10.0 Å². The summed E-state index contributed by atoms with van der Waals surface area (Å²) in [5.41, 5.74) is -0.451. The van der Waals surface area contributed by atoms with Gasteiger partial charge < -0.3 is 0 Å². The summed E-state index contributed by atoms with van der Waals surface area (Å²) in [5, 5.41) is 0. The fourth-order valence-electron chi connectivity index (χ4n) is 1.83. The summed E-state index contributed by atoms with van der Waals surface area (Å²) >= 11 is 1.68. The van der Waals surface area contributed by atoms with E-state index in [4.69, 9.17) is 0 Å². The van der Waals surface area contributed by atoms with Crippen molar-refractivity contribution in [3.8, 4) is 0 Å². The van der Waals surface area contributed by atoms with Crippen molar-refractivity contribution in [3.63, 3.8) is 0 Å². The van der Waals surface area contributed by atoms with Crippen LogP contribution in [0.4, 0.5) is 18.9 Å². The van der Waals surface area contributed by atoms with Crippen LogP contribution in [0.2, 0.25) is 0 Å². The third-order valence-electron chi connectivity index (χ3n) is 2.90. The molecule has 8 heteroatoms. The molecule has 0 saturated carbocycles. The minimum atomic E-state index is -4.47. The summed E-state index contributed by atoms with van der Waals surface area (Å²) in [6, 6.07) is 9.47. The zero-order chi connectivity index (χ0) is 16.5. The molecule has 22 heavy (non-hydrogen) atoms. The third kappa shape index (κ3) is 3.72. The van der Waals surface area contributed by atoms with Gasteiger partial charge in [-0.3, -0.25) is 4.72 Å². The summed E-state index contributed by atoms with van der Waals surface area (Å²) in [6.07, 6.45) is -4.47. The summed E-state index contributed by atoms with van der Waals surface area (Å²) in [4.78, 5) is 0.0464. The van der Waals surface area contributed by atoms with Crippen molar-refractivity contribution in [1.29, 1.82) is 0 Å². The highest BCUT2D eigenvalue weighted by molar-refractivity contribution is 14.1. The molecule has 2 rings (SSSR count). The normalized spacial score (nSPS) is 12.2. The Hall–Kier alpha value is -1.29. The second kappa shape index (κ2) is 6.07. The molecule has 0 heterocycles. The van der Waals surface area contributed by atoms with E-state index in [9.17, 15) is 21.6 Å². The zero-order valence-corrected chi connectivity index (χ0v) is 14.3. The lowest BCUT2D eigenvalue weighted by molar-refractivity contribution is -0.137. The van der Waals surface area contributed by atoms with Gasteiger partial charge in [-0.2, -0.15) is 13.2 Å². The number of rotatable bonds is 3. The van der Waals surface area contributed by atoms with Gasteiger partial charge in [-0.1, -0.05) is 18.2 Å². The van der Waals surface area contributed by atoms with E-state index in [0.717, 1.165) is 12.1 Å². The standard InChI is InChI=1S/C14H11F3INO2S/c1-9-7-10(14(15,16)17)8-12(18)13(9)19-22(20,21)11-5-3-2-4-6-11/h2-8,19H,1H3. The lowest BCUT2D eigenvalue weighted by Crippen LogP contribution is -2.15.